The number of benzene rings is 2. The van der Waals surface area contributed by atoms with E-state index in [1.807, 2.05) is 43.3 Å². The second-order valence-corrected chi connectivity index (χ2v) is 6.20. The Balaban J connectivity index is 1.69. The molecule has 0 spiro atoms. The Morgan fingerprint density at radius 2 is 1.82 bits per heavy atom. The predicted molar refractivity (Wildman–Crippen MR) is 90.2 cm³/mol. The van der Waals surface area contributed by atoms with Gasteiger partial charge in [0.2, 0.25) is 5.91 Å². The molecule has 2 rings (SSSR count). The summed E-state index contributed by atoms with van der Waals surface area (Å²) in [6.45, 7) is 1.97. The van der Waals surface area contributed by atoms with E-state index in [1.165, 1.54) is 6.07 Å². The van der Waals surface area contributed by atoms with Crippen molar-refractivity contribution in [2.75, 3.05) is 5.75 Å². The molecule has 2 aromatic carbocycles. The van der Waals surface area contributed by atoms with Gasteiger partial charge < -0.3 is 5.32 Å². The van der Waals surface area contributed by atoms with Gasteiger partial charge in [0.15, 0.2) is 0 Å². The van der Waals surface area contributed by atoms with Crippen molar-refractivity contribution in [1.82, 2.24) is 5.32 Å². The summed E-state index contributed by atoms with van der Waals surface area (Å²) >= 11 is 1.57. The fraction of sp³-hybridized carbons (Fsp3) is 0.278. The van der Waals surface area contributed by atoms with Crippen molar-refractivity contribution < 1.29 is 9.18 Å². The van der Waals surface area contributed by atoms with E-state index in [0.29, 0.717) is 23.5 Å². The standard InChI is InChI=1S/C18H20FNOS/c1-14(15-7-3-2-4-8-15)20-18(21)11-12-22-13-16-9-5-6-10-17(16)19/h2-10,14H,11-13H2,1H3,(H,20,21)/t14-/m0/s1. The molecule has 0 bridgehead atoms. The van der Waals surface area contributed by atoms with Crippen molar-refractivity contribution in [3.05, 3.63) is 71.5 Å². The highest BCUT2D eigenvalue weighted by molar-refractivity contribution is 7.98. The average molecular weight is 317 g/mol. The monoisotopic (exact) mass is 317 g/mol. The average Bonchev–Trinajstić information content (AvgIpc) is 2.54. The Labute approximate surface area is 135 Å². The van der Waals surface area contributed by atoms with Crippen LogP contribution in [-0.2, 0) is 10.5 Å². The lowest BCUT2D eigenvalue weighted by atomic mass is 10.1. The van der Waals surface area contributed by atoms with Crippen molar-refractivity contribution in [3.63, 3.8) is 0 Å². The van der Waals surface area contributed by atoms with Crippen LogP contribution in [0.5, 0.6) is 0 Å². The molecule has 0 aliphatic carbocycles. The van der Waals surface area contributed by atoms with Gasteiger partial charge in [-0.1, -0.05) is 48.5 Å². The van der Waals surface area contributed by atoms with Gasteiger partial charge in [-0.3, -0.25) is 4.79 Å². The number of carbonyl (C=O) groups is 1. The zero-order valence-corrected chi connectivity index (χ0v) is 13.4. The van der Waals surface area contributed by atoms with Crippen LogP contribution >= 0.6 is 11.8 Å². The van der Waals surface area contributed by atoms with Crippen LogP contribution < -0.4 is 5.32 Å². The van der Waals surface area contributed by atoms with Gasteiger partial charge in [0.25, 0.3) is 0 Å². The summed E-state index contributed by atoms with van der Waals surface area (Å²) in [4.78, 5) is 11.9. The molecule has 1 N–H and O–H groups in total. The summed E-state index contributed by atoms with van der Waals surface area (Å²) in [7, 11) is 0. The molecular formula is C18H20FNOS. The first kappa shape index (κ1) is 16.6. The largest absolute Gasteiger partial charge is 0.350 e. The number of hydrogen-bond donors (Lipinski definition) is 1. The van der Waals surface area contributed by atoms with E-state index in [2.05, 4.69) is 5.32 Å². The summed E-state index contributed by atoms with van der Waals surface area (Å²) in [6, 6.07) is 16.6. The molecule has 2 nitrogen and oxygen atoms in total. The van der Waals surface area contributed by atoms with Gasteiger partial charge in [0, 0.05) is 17.9 Å². The number of hydrogen-bond acceptors (Lipinski definition) is 2. The highest BCUT2D eigenvalue weighted by atomic mass is 32.2. The van der Waals surface area contributed by atoms with E-state index >= 15 is 0 Å². The molecule has 116 valence electrons. The molecule has 2 aromatic rings. The molecule has 0 unspecified atom stereocenters. The van der Waals surface area contributed by atoms with Gasteiger partial charge in [-0.15, -0.1) is 0 Å². The first-order chi connectivity index (χ1) is 10.7. The molecular weight excluding hydrogens is 297 g/mol. The normalized spacial score (nSPS) is 11.9. The van der Waals surface area contributed by atoms with Crippen molar-refractivity contribution >= 4 is 17.7 Å². The quantitative estimate of drug-likeness (QED) is 0.770. The molecule has 22 heavy (non-hydrogen) atoms. The first-order valence-corrected chi connectivity index (χ1v) is 8.47. The van der Waals surface area contributed by atoms with Crippen LogP contribution in [0.4, 0.5) is 4.39 Å². The zero-order valence-electron chi connectivity index (χ0n) is 12.6. The summed E-state index contributed by atoms with van der Waals surface area (Å²) in [6.07, 6.45) is 0.441. The highest BCUT2D eigenvalue weighted by Gasteiger charge is 2.09. The Hall–Kier alpha value is -1.81. The third-order valence-corrected chi connectivity index (χ3v) is 4.37. The number of thioether (sulfide) groups is 1. The topological polar surface area (TPSA) is 29.1 Å². The minimum absolute atomic E-state index is 0.00488. The lowest BCUT2D eigenvalue weighted by Gasteiger charge is -2.14. The highest BCUT2D eigenvalue weighted by Crippen LogP contribution is 2.16. The summed E-state index contributed by atoms with van der Waals surface area (Å²) in [5.74, 6) is 1.12. The Morgan fingerprint density at radius 1 is 1.14 bits per heavy atom. The number of rotatable bonds is 7. The van der Waals surface area contributed by atoms with Crippen LogP contribution in [0, 0.1) is 5.82 Å². The Morgan fingerprint density at radius 3 is 2.55 bits per heavy atom. The van der Waals surface area contributed by atoms with Gasteiger partial charge in [-0.25, -0.2) is 4.39 Å². The van der Waals surface area contributed by atoms with Crippen molar-refractivity contribution in [3.8, 4) is 0 Å². The molecule has 0 aliphatic heterocycles. The summed E-state index contributed by atoms with van der Waals surface area (Å²) in [5, 5.41) is 2.98. The van der Waals surface area contributed by atoms with Gasteiger partial charge in [-0.05, 0) is 24.1 Å². The van der Waals surface area contributed by atoms with E-state index in [-0.39, 0.29) is 17.8 Å². The molecule has 0 saturated heterocycles. The van der Waals surface area contributed by atoms with E-state index in [1.54, 1.807) is 23.9 Å². The molecule has 0 aromatic heterocycles. The van der Waals surface area contributed by atoms with Crippen LogP contribution in [0.15, 0.2) is 54.6 Å². The number of nitrogens with one attached hydrogen (secondary N) is 1. The van der Waals surface area contributed by atoms with Gasteiger partial charge in [-0.2, -0.15) is 11.8 Å². The maximum atomic E-state index is 13.4. The fourth-order valence-corrected chi connectivity index (χ4v) is 3.03. The molecule has 0 fully saturated rings. The van der Waals surface area contributed by atoms with Crippen LogP contribution in [0.25, 0.3) is 0 Å². The van der Waals surface area contributed by atoms with Crippen molar-refractivity contribution in [2.45, 2.75) is 25.1 Å². The molecule has 0 aliphatic rings. The maximum absolute atomic E-state index is 13.4. The predicted octanol–water partition coefficient (Wildman–Crippen LogP) is 4.33. The van der Waals surface area contributed by atoms with Crippen LogP contribution in [0.3, 0.4) is 0 Å². The van der Waals surface area contributed by atoms with Gasteiger partial charge >= 0.3 is 0 Å². The van der Waals surface area contributed by atoms with Gasteiger partial charge in [0.05, 0.1) is 6.04 Å². The molecule has 1 atom stereocenters. The smallest absolute Gasteiger partial charge is 0.221 e. The van der Waals surface area contributed by atoms with Gasteiger partial charge in [0.1, 0.15) is 5.82 Å². The van der Waals surface area contributed by atoms with Crippen molar-refractivity contribution in [2.24, 2.45) is 0 Å². The molecule has 0 radical (unpaired) electrons. The Kier molecular flexibility index (Phi) is 6.46. The SMILES string of the molecule is C[C@H](NC(=O)CCSCc1ccccc1F)c1ccccc1. The van der Waals surface area contributed by atoms with Crippen LogP contribution in [-0.4, -0.2) is 11.7 Å². The maximum Gasteiger partial charge on any atom is 0.221 e. The van der Waals surface area contributed by atoms with E-state index < -0.39 is 0 Å². The molecule has 0 heterocycles. The fourth-order valence-electron chi connectivity index (χ4n) is 2.10. The zero-order chi connectivity index (χ0) is 15.8. The van der Waals surface area contributed by atoms with Crippen LogP contribution in [0.1, 0.15) is 30.5 Å². The van der Waals surface area contributed by atoms with Crippen molar-refractivity contribution in [1.29, 1.82) is 0 Å². The molecule has 0 saturated carbocycles. The summed E-state index contributed by atoms with van der Waals surface area (Å²) in [5.41, 5.74) is 1.78. The number of amides is 1. The van der Waals surface area contributed by atoms with E-state index in [0.717, 1.165) is 5.56 Å². The first-order valence-electron chi connectivity index (χ1n) is 7.32. The Bertz CT molecular complexity index is 603. The second-order valence-electron chi connectivity index (χ2n) is 5.09. The molecule has 1 amide bonds. The number of carbonyl (C=O) groups excluding carboxylic acids is 1. The minimum atomic E-state index is -0.183. The third kappa shape index (κ3) is 5.19. The van der Waals surface area contributed by atoms with Crippen LogP contribution in [0.2, 0.25) is 0 Å². The third-order valence-electron chi connectivity index (χ3n) is 3.37. The lowest BCUT2D eigenvalue weighted by Crippen LogP contribution is -2.26. The van der Waals surface area contributed by atoms with E-state index in [9.17, 15) is 9.18 Å². The summed E-state index contributed by atoms with van der Waals surface area (Å²) < 4.78 is 13.4. The lowest BCUT2D eigenvalue weighted by molar-refractivity contribution is -0.121. The minimum Gasteiger partial charge on any atom is -0.350 e. The van der Waals surface area contributed by atoms with E-state index in [4.69, 9.17) is 0 Å². The second kappa shape index (κ2) is 8.59. The molecule has 4 heteroatoms. The number of halogens is 1.